The van der Waals surface area contributed by atoms with Crippen molar-refractivity contribution < 1.29 is 0 Å². The third kappa shape index (κ3) is 2.01. The highest BCUT2D eigenvalue weighted by molar-refractivity contribution is 5.67. The Morgan fingerprint density at radius 1 is 1.50 bits per heavy atom. The molecule has 1 saturated carbocycles. The van der Waals surface area contributed by atoms with Gasteiger partial charge in [-0.3, -0.25) is 4.68 Å². The molecule has 0 saturated heterocycles. The number of hydrogen-bond donors (Lipinski definition) is 1. The average molecular weight is 222 g/mol. The molecule has 1 heterocycles. The molecule has 4 heteroatoms. The van der Waals surface area contributed by atoms with Gasteiger partial charge in [-0.2, -0.15) is 5.10 Å². The number of anilines is 2. The molecule has 90 valence electrons. The molecule has 1 aromatic heterocycles. The Kier molecular flexibility index (Phi) is 3.08. The van der Waals surface area contributed by atoms with Gasteiger partial charge in [0.2, 0.25) is 0 Å². The van der Waals surface area contributed by atoms with E-state index in [9.17, 15) is 0 Å². The van der Waals surface area contributed by atoms with Crippen LogP contribution in [0.2, 0.25) is 0 Å². The first-order chi connectivity index (χ1) is 7.65. The lowest BCUT2D eigenvalue weighted by atomic mass is 10.3. The zero-order valence-corrected chi connectivity index (χ0v) is 10.5. The molecule has 1 aromatic rings. The number of aromatic nitrogens is 2. The number of aryl methyl sites for hydroxylation is 2. The number of nitrogens with two attached hydrogens (primary N) is 1. The van der Waals surface area contributed by atoms with Crippen LogP contribution in [0.3, 0.4) is 0 Å². The van der Waals surface area contributed by atoms with E-state index in [0.717, 1.165) is 23.7 Å². The van der Waals surface area contributed by atoms with Crippen LogP contribution in [0.1, 0.15) is 38.3 Å². The summed E-state index contributed by atoms with van der Waals surface area (Å²) in [6.45, 7) is 5.30. The molecule has 0 aliphatic heterocycles. The minimum Gasteiger partial charge on any atom is -0.394 e. The highest BCUT2D eigenvalue weighted by Gasteiger charge is 2.32. The molecule has 0 bridgehead atoms. The maximum absolute atomic E-state index is 6.12. The summed E-state index contributed by atoms with van der Waals surface area (Å²) >= 11 is 0. The zero-order chi connectivity index (χ0) is 11.7. The monoisotopic (exact) mass is 222 g/mol. The van der Waals surface area contributed by atoms with E-state index in [2.05, 4.69) is 16.9 Å². The van der Waals surface area contributed by atoms with Crippen molar-refractivity contribution in [1.29, 1.82) is 0 Å². The van der Waals surface area contributed by atoms with Crippen LogP contribution in [-0.4, -0.2) is 22.4 Å². The maximum atomic E-state index is 6.12. The second-order valence-corrected chi connectivity index (χ2v) is 4.72. The molecule has 1 aliphatic carbocycles. The highest BCUT2D eigenvalue weighted by Crippen LogP contribution is 2.35. The van der Waals surface area contributed by atoms with Crippen LogP contribution in [0.15, 0.2) is 0 Å². The van der Waals surface area contributed by atoms with Crippen molar-refractivity contribution in [3.05, 3.63) is 5.69 Å². The van der Waals surface area contributed by atoms with Crippen LogP contribution < -0.4 is 10.6 Å². The van der Waals surface area contributed by atoms with Crippen molar-refractivity contribution in [3.8, 4) is 0 Å². The summed E-state index contributed by atoms with van der Waals surface area (Å²) in [6.07, 6.45) is 5.04. The van der Waals surface area contributed by atoms with E-state index in [4.69, 9.17) is 5.73 Å². The normalized spacial score (nSPS) is 15.4. The average Bonchev–Trinajstić information content (AvgIpc) is 3.02. The SMILES string of the molecule is CCCCN(c1c(N)c(C)nn1C)C1CC1. The predicted octanol–water partition coefficient (Wildman–Crippen LogP) is 2.08. The first-order valence-electron chi connectivity index (χ1n) is 6.20. The van der Waals surface area contributed by atoms with E-state index in [0.29, 0.717) is 6.04 Å². The maximum Gasteiger partial charge on any atom is 0.150 e. The number of hydrogen-bond acceptors (Lipinski definition) is 3. The van der Waals surface area contributed by atoms with Gasteiger partial charge in [0.15, 0.2) is 5.82 Å². The van der Waals surface area contributed by atoms with Gasteiger partial charge >= 0.3 is 0 Å². The zero-order valence-electron chi connectivity index (χ0n) is 10.5. The summed E-state index contributed by atoms with van der Waals surface area (Å²) in [5, 5.41) is 4.40. The second-order valence-electron chi connectivity index (χ2n) is 4.72. The van der Waals surface area contributed by atoms with Gasteiger partial charge in [0.25, 0.3) is 0 Å². The van der Waals surface area contributed by atoms with Gasteiger partial charge in [-0.1, -0.05) is 13.3 Å². The highest BCUT2D eigenvalue weighted by atomic mass is 15.4. The van der Waals surface area contributed by atoms with E-state index in [-0.39, 0.29) is 0 Å². The van der Waals surface area contributed by atoms with Crippen molar-refractivity contribution in [3.63, 3.8) is 0 Å². The Balaban J connectivity index is 2.23. The molecule has 2 rings (SSSR count). The molecule has 0 amide bonds. The Bertz CT molecular complexity index is 365. The summed E-state index contributed by atoms with van der Waals surface area (Å²) in [6, 6.07) is 0.698. The largest absolute Gasteiger partial charge is 0.394 e. The Hall–Kier alpha value is -1.19. The standard InChI is InChI=1S/C12H22N4/c1-4-5-8-16(10-6-7-10)12-11(13)9(2)14-15(12)3/h10H,4-8,13H2,1-3H3. The lowest BCUT2D eigenvalue weighted by Crippen LogP contribution is -2.29. The van der Waals surface area contributed by atoms with E-state index in [1.54, 1.807) is 0 Å². The molecule has 1 aliphatic rings. The molecule has 0 atom stereocenters. The Morgan fingerprint density at radius 3 is 2.62 bits per heavy atom. The lowest BCUT2D eigenvalue weighted by molar-refractivity contribution is 0.663. The Labute approximate surface area is 97.4 Å². The first kappa shape index (κ1) is 11.3. The van der Waals surface area contributed by atoms with Crippen molar-refractivity contribution in [2.75, 3.05) is 17.2 Å². The van der Waals surface area contributed by atoms with E-state index in [1.165, 1.54) is 25.7 Å². The number of unbranched alkanes of at least 4 members (excludes halogenated alkanes) is 1. The smallest absolute Gasteiger partial charge is 0.150 e. The predicted molar refractivity (Wildman–Crippen MR) is 67.6 cm³/mol. The van der Waals surface area contributed by atoms with Crippen molar-refractivity contribution in [2.24, 2.45) is 7.05 Å². The molecule has 0 radical (unpaired) electrons. The molecule has 4 nitrogen and oxygen atoms in total. The van der Waals surface area contributed by atoms with Crippen LogP contribution >= 0.6 is 0 Å². The summed E-state index contributed by atoms with van der Waals surface area (Å²) in [5.41, 5.74) is 7.91. The van der Waals surface area contributed by atoms with Crippen molar-refractivity contribution >= 4 is 11.5 Å². The van der Waals surface area contributed by atoms with Crippen LogP contribution in [0.25, 0.3) is 0 Å². The Morgan fingerprint density at radius 2 is 2.19 bits per heavy atom. The molecular formula is C12H22N4. The fraction of sp³-hybridized carbons (Fsp3) is 0.750. The van der Waals surface area contributed by atoms with E-state index < -0.39 is 0 Å². The number of rotatable bonds is 5. The van der Waals surface area contributed by atoms with E-state index >= 15 is 0 Å². The van der Waals surface area contributed by atoms with E-state index in [1.807, 2.05) is 18.7 Å². The minimum absolute atomic E-state index is 0.698. The van der Waals surface area contributed by atoms with Crippen LogP contribution in [0.4, 0.5) is 11.5 Å². The van der Waals surface area contributed by atoms with Gasteiger partial charge in [0.05, 0.1) is 11.4 Å². The molecule has 0 unspecified atom stereocenters. The summed E-state index contributed by atoms with van der Waals surface area (Å²) in [4.78, 5) is 2.44. The van der Waals surface area contributed by atoms with Crippen LogP contribution in [0, 0.1) is 6.92 Å². The molecule has 0 spiro atoms. The first-order valence-corrected chi connectivity index (χ1v) is 6.20. The topological polar surface area (TPSA) is 47.1 Å². The third-order valence-corrected chi connectivity index (χ3v) is 3.25. The number of nitrogens with zero attached hydrogens (tertiary/aromatic N) is 3. The van der Waals surface area contributed by atoms with Gasteiger partial charge < -0.3 is 10.6 Å². The fourth-order valence-corrected chi connectivity index (χ4v) is 2.18. The molecule has 16 heavy (non-hydrogen) atoms. The molecule has 2 N–H and O–H groups in total. The van der Waals surface area contributed by atoms with Crippen LogP contribution in [0.5, 0.6) is 0 Å². The lowest BCUT2D eigenvalue weighted by Gasteiger charge is -2.24. The third-order valence-electron chi connectivity index (χ3n) is 3.25. The van der Waals surface area contributed by atoms with Gasteiger partial charge in [-0.25, -0.2) is 0 Å². The van der Waals surface area contributed by atoms with Gasteiger partial charge in [-0.05, 0) is 26.2 Å². The number of nitrogen functional groups attached to an aromatic ring is 1. The second kappa shape index (κ2) is 4.36. The quantitative estimate of drug-likeness (QED) is 0.829. The molecular weight excluding hydrogens is 200 g/mol. The van der Waals surface area contributed by atoms with Crippen molar-refractivity contribution in [2.45, 2.75) is 45.6 Å². The minimum atomic E-state index is 0.698. The van der Waals surface area contributed by atoms with Gasteiger partial charge in [0.1, 0.15) is 0 Å². The summed E-state index contributed by atoms with van der Waals surface area (Å²) in [5.74, 6) is 1.12. The summed E-state index contributed by atoms with van der Waals surface area (Å²) < 4.78 is 1.93. The fourth-order valence-electron chi connectivity index (χ4n) is 2.18. The van der Waals surface area contributed by atoms with Crippen molar-refractivity contribution in [1.82, 2.24) is 9.78 Å². The van der Waals surface area contributed by atoms with Gasteiger partial charge in [-0.15, -0.1) is 0 Å². The van der Waals surface area contributed by atoms with Crippen LogP contribution in [-0.2, 0) is 7.05 Å². The molecule has 1 fully saturated rings. The van der Waals surface area contributed by atoms with Gasteiger partial charge in [0, 0.05) is 19.6 Å². The summed E-state index contributed by atoms with van der Waals surface area (Å²) in [7, 11) is 1.99. The molecule has 0 aromatic carbocycles.